The van der Waals surface area contributed by atoms with E-state index >= 15 is 0 Å². The minimum absolute atomic E-state index is 0.343. The van der Waals surface area contributed by atoms with Gasteiger partial charge < -0.3 is 5.32 Å². The molecular formula is C25H27F3N4O4S3. The maximum Gasteiger partial charge on any atom is 0.501 e. The number of sulfone groups is 1. The van der Waals surface area contributed by atoms with Crippen molar-refractivity contribution in [2.24, 2.45) is 5.14 Å². The van der Waals surface area contributed by atoms with Gasteiger partial charge in [0.25, 0.3) is 9.84 Å². The quantitative estimate of drug-likeness (QED) is 0.335. The Morgan fingerprint density at radius 3 is 2.49 bits per heavy atom. The zero-order valence-electron chi connectivity index (χ0n) is 20.6. The molecule has 39 heavy (non-hydrogen) atoms. The van der Waals surface area contributed by atoms with Crippen LogP contribution in [0.1, 0.15) is 17.7 Å². The lowest BCUT2D eigenvalue weighted by Crippen LogP contribution is -2.35. The monoisotopic (exact) mass is 600 g/mol. The standard InChI is InChI=1S/C25H27F3N4O4S3/c26-25(27,28)38(33,34)24-15-21(39(29,35)36)8-9-22(24)31-19(17-37-20-6-2-1-3-7-20)11-14-32-13-10-18-5-4-12-30-23(18)16-32/h1-9,12,15,19,31H,10-11,13-14,16-17H2,(H2,29,35,36). The van der Waals surface area contributed by atoms with Crippen LogP contribution in [0.3, 0.4) is 0 Å². The van der Waals surface area contributed by atoms with Crippen molar-refractivity contribution in [3.05, 3.63) is 78.1 Å². The van der Waals surface area contributed by atoms with Crippen LogP contribution >= 0.6 is 11.8 Å². The predicted octanol–water partition coefficient (Wildman–Crippen LogP) is 4.04. The highest BCUT2D eigenvalue weighted by Crippen LogP contribution is 2.36. The number of benzene rings is 2. The van der Waals surface area contributed by atoms with E-state index in [2.05, 4.69) is 15.2 Å². The highest BCUT2D eigenvalue weighted by Gasteiger charge is 2.48. The molecule has 1 atom stereocenters. The number of sulfonamides is 1. The van der Waals surface area contributed by atoms with Gasteiger partial charge in [-0.15, -0.1) is 11.8 Å². The predicted molar refractivity (Wildman–Crippen MR) is 143 cm³/mol. The summed E-state index contributed by atoms with van der Waals surface area (Å²) in [5.41, 5.74) is -3.82. The molecule has 3 aromatic rings. The van der Waals surface area contributed by atoms with E-state index in [1.54, 1.807) is 6.20 Å². The third-order valence-corrected chi connectivity index (χ3v) is 9.89. The van der Waals surface area contributed by atoms with E-state index in [9.17, 15) is 30.0 Å². The molecular weight excluding hydrogens is 573 g/mol. The van der Waals surface area contributed by atoms with Crippen molar-refractivity contribution in [1.82, 2.24) is 9.88 Å². The summed E-state index contributed by atoms with van der Waals surface area (Å²) in [5.74, 6) is 0.412. The maximum atomic E-state index is 13.5. The molecule has 2 aromatic carbocycles. The molecule has 0 saturated carbocycles. The molecule has 0 aliphatic carbocycles. The van der Waals surface area contributed by atoms with Gasteiger partial charge in [-0.05, 0) is 54.8 Å². The number of anilines is 1. The maximum absolute atomic E-state index is 13.5. The first-order chi connectivity index (χ1) is 18.3. The number of rotatable bonds is 10. The summed E-state index contributed by atoms with van der Waals surface area (Å²) >= 11 is 1.47. The van der Waals surface area contributed by atoms with Crippen molar-refractivity contribution in [3.63, 3.8) is 0 Å². The van der Waals surface area contributed by atoms with Crippen LogP contribution in [-0.2, 0) is 32.8 Å². The second kappa shape index (κ2) is 11.8. The first-order valence-electron chi connectivity index (χ1n) is 11.9. The van der Waals surface area contributed by atoms with E-state index in [0.29, 0.717) is 31.3 Å². The fraction of sp³-hybridized carbons (Fsp3) is 0.320. The lowest BCUT2D eigenvalue weighted by molar-refractivity contribution is -0.0435. The van der Waals surface area contributed by atoms with E-state index in [1.165, 1.54) is 17.3 Å². The first-order valence-corrected chi connectivity index (χ1v) is 15.9. The third-order valence-electron chi connectivity index (χ3n) is 6.28. The lowest BCUT2D eigenvalue weighted by atomic mass is 10.0. The first kappa shape index (κ1) is 29.3. The molecule has 1 aromatic heterocycles. The number of alkyl halides is 3. The Labute approximate surface area is 229 Å². The lowest BCUT2D eigenvalue weighted by Gasteiger charge is -2.30. The Bertz CT molecular complexity index is 1520. The zero-order chi connectivity index (χ0) is 28.3. The smallest absolute Gasteiger partial charge is 0.380 e. The molecule has 14 heteroatoms. The van der Waals surface area contributed by atoms with Gasteiger partial charge in [-0.1, -0.05) is 24.3 Å². The average Bonchev–Trinajstić information content (AvgIpc) is 2.89. The fourth-order valence-corrected chi connectivity index (χ4v) is 6.77. The highest BCUT2D eigenvalue weighted by molar-refractivity contribution is 7.99. The molecule has 3 N–H and O–H groups in total. The van der Waals surface area contributed by atoms with Crippen LogP contribution in [-0.4, -0.2) is 57.1 Å². The number of fused-ring (bicyclic) bond motifs is 1. The number of halogens is 3. The van der Waals surface area contributed by atoms with Crippen LogP contribution in [0.25, 0.3) is 0 Å². The van der Waals surface area contributed by atoms with Gasteiger partial charge >= 0.3 is 5.51 Å². The molecule has 1 aliphatic heterocycles. The molecule has 210 valence electrons. The van der Waals surface area contributed by atoms with E-state index < -0.39 is 41.2 Å². The van der Waals surface area contributed by atoms with Gasteiger partial charge in [0.2, 0.25) is 10.0 Å². The molecule has 0 bridgehead atoms. The Hall–Kier alpha value is -2.65. The van der Waals surface area contributed by atoms with E-state index in [-0.39, 0.29) is 5.69 Å². The van der Waals surface area contributed by atoms with Gasteiger partial charge in [-0.25, -0.2) is 22.0 Å². The number of aromatic nitrogens is 1. The topological polar surface area (TPSA) is 122 Å². The third kappa shape index (κ3) is 7.31. The fourth-order valence-electron chi connectivity index (χ4n) is 4.22. The summed E-state index contributed by atoms with van der Waals surface area (Å²) in [5, 5.41) is 8.02. The van der Waals surface area contributed by atoms with Gasteiger partial charge in [0, 0.05) is 42.5 Å². The molecule has 1 unspecified atom stereocenters. The summed E-state index contributed by atoms with van der Waals surface area (Å²) in [6, 6.07) is 15.3. The molecule has 0 fully saturated rings. The second-order valence-electron chi connectivity index (χ2n) is 9.04. The molecule has 0 saturated heterocycles. The Morgan fingerprint density at radius 1 is 1.05 bits per heavy atom. The van der Waals surface area contributed by atoms with Gasteiger partial charge in [0.15, 0.2) is 0 Å². The minimum Gasteiger partial charge on any atom is -0.380 e. The number of nitrogens with zero attached hydrogens (tertiary/aromatic N) is 2. The number of primary sulfonamides is 1. The second-order valence-corrected chi connectivity index (χ2v) is 13.6. The summed E-state index contributed by atoms with van der Waals surface area (Å²) in [4.78, 5) is 5.64. The van der Waals surface area contributed by atoms with E-state index in [0.717, 1.165) is 35.7 Å². The molecule has 0 amide bonds. The van der Waals surface area contributed by atoms with Crippen molar-refractivity contribution in [2.75, 3.05) is 24.2 Å². The van der Waals surface area contributed by atoms with Gasteiger partial charge in [-0.2, -0.15) is 13.2 Å². The van der Waals surface area contributed by atoms with Crippen LogP contribution < -0.4 is 10.5 Å². The number of nitrogens with two attached hydrogens (primary N) is 1. The SMILES string of the molecule is NS(=O)(=O)c1ccc(NC(CCN2CCc3cccnc3C2)CSc2ccccc2)c(S(=O)(=O)C(F)(F)F)c1. The summed E-state index contributed by atoms with van der Waals surface area (Å²) in [7, 11) is -10.3. The largest absolute Gasteiger partial charge is 0.501 e. The number of pyridine rings is 1. The van der Waals surface area contributed by atoms with Crippen molar-refractivity contribution >= 4 is 37.3 Å². The number of hydrogen-bond acceptors (Lipinski definition) is 8. The van der Waals surface area contributed by atoms with Gasteiger partial charge in [0.1, 0.15) is 4.90 Å². The molecule has 0 radical (unpaired) electrons. The van der Waals surface area contributed by atoms with Crippen LogP contribution in [0, 0.1) is 0 Å². The van der Waals surface area contributed by atoms with E-state index in [4.69, 9.17) is 5.14 Å². The Kier molecular flexibility index (Phi) is 8.91. The summed E-state index contributed by atoms with van der Waals surface area (Å²) in [6.45, 7) is 2.00. The molecule has 2 heterocycles. The Balaban J connectivity index is 1.60. The van der Waals surface area contributed by atoms with Crippen molar-refractivity contribution < 1.29 is 30.0 Å². The molecule has 1 aliphatic rings. The number of thioether (sulfide) groups is 1. The van der Waals surface area contributed by atoms with Crippen LogP contribution in [0.5, 0.6) is 0 Å². The minimum atomic E-state index is -5.88. The van der Waals surface area contributed by atoms with E-state index in [1.807, 2.05) is 42.5 Å². The Morgan fingerprint density at radius 2 is 1.79 bits per heavy atom. The highest BCUT2D eigenvalue weighted by atomic mass is 32.2. The summed E-state index contributed by atoms with van der Waals surface area (Å²) < 4.78 is 89.0. The molecule has 0 spiro atoms. The summed E-state index contributed by atoms with van der Waals surface area (Å²) in [6.07, 6.45) is 3.03. The van der Waals surface area contributed by atoms with Gasteiger partial charge in [-0.3, -0.25) is 9.88 Å². The normalized spacial score (nSPS) is 15.5. The van der Waals surface area contributed by atoms with Crippen LogP contribution in [0.4, 0.5) is 18.9 Å². The zero-order valence-corrected chi connectivity index (χ0v) is 23.1. The molecule has 4 rings (SSSR count). The number of nitrogens with one attached hydrogen (secondary N) is 1. The number of hydrogen-bond donors (Lipinski definition) is 2. The van der Waals surface area contributed by atoms with Crippen molar-refractivity contribution in [3.8, 4) is 0 Å². The van der Waals surface area contributed by atoms with Gasteiger partial charge in [0.05, 0.1) is 16.3 Å². The van der Waals surface area contributed by atoms with Crippen LogP contribution in [0.2, 0.25) is 0 Å². The van der Waals surface area contributed by atoms with Crippen molar-refractivity contribution in [1.29, 1.82) is 0 Å². The average molecular weight is 601 g/mol. The van der Waals surface area contributed by atoms with Crippen LogP contribution in [0.15, 0.2) is 81.5 Å². The van der Waals surface area contributed by atoms with Crippen molar-refractivity contribution in [2.45, 2.75) is 45.6 Å². The molecule has 8 nitrogen and oxygen atoms in total.